The lowest BCUT2D eigenvalue weighted by atomic mass is 9.97. The highest BCUT2D eigenvalue weighted by Gasteiger charge is 2.23. The summed E-state index contributed by atoms with van der Waals surface area (Å²) >= 11 is 0. The van der Waals surface area contributed by atoms with Gasteiger partial charge in [-0.25, -0.2) is 0 Å². The zero-order valence-corrected chi connectivity index (χ0v) is 31.2. The molecular formula is C54H37N3. The maximum Gasteiger partial charge on any atom is 0.0562 e. The van der Waals surface area contributed by atoms with Crippen molar-refractivity contribution in [2.24, 2.45) is 0 Å². The van der Waals surface area contributed by atoms with Gasteiger partial charge in [-0.05, 0) is 100 Å². The lowest BCUT2D eigenvalue weighted by Crippen LogP contribution is -2.12. The summed E-state index contributed by atoms with van der Waals surface area (Å²) in [5.74, 6) is 0. The van der Waals surface area contributed by atoms with Crippen molar-refractivity contribution in [3.8, 4) is 5.69 Å². The monoisotopic (exact) mass is 727 g/mol. The van der Waals surface area contributed by atoms with Crippen LogP contribution in [-0.4, -0.2) is 4.57 Å². The van der Waals surface area contributed by atoms with E-state index in [0.29, 0.717) is 0 Å². The molecule has 0 saturated carbocycles. The minimum absolute atomic E-state index is 1.09. The highest BCUT2D eigenvalue weighted by molar-refractivity contribution is 6.19. The Kier molecular flexibility index (Phi) is 7.82. The molecule has 0 radical (unpaired) electrons. The molecule has 0 unspecified atom stereocenters. The summed E-state index contributed by atoms with van der Waals surface area (Å²) in [4.78, 5) is 4.82. The van der Waals surface area contributed by atoms with E-state index in [4.69, 9.17) is 0 Å². The Bertz CT molecular complexity index is 3200. The molecule has 11 aromatic rings. The fraction of sp³-hybridized carbons (Fsp3) is 0. The molecule has 11 rings (SSSR count). The molecule has 3 heteroatoms. The third-order valence-corrected chi connectivity index (χ3v) is 11.3. The predicted octanol–water partition coefficient (Wildman–Crippen LogP) is 15.2. The second-order valence-electron chi connectivity index (χ2n) is 14.5. The van der Waals surface area contributed by atoms with E-state index in [0.717, 1.165) is 34.1 Å². The highest BCUT2D eigenvalue weighted by atomic mass is 15.2. The second-order valence-corrected chi connectivity index (χ2v) is 14.5. The molecule has 0 spiro atoms. The van der Waals surface area contributed by atoms with Crippen molar-refractivity contribution in [3.63, 3.8) is 0 Å². The summed E-state index contributed by atoms with van der Waals surface area (Å²) in [5.41, 5.74) is 10.2. The van der Waals surface area contributed by atoms with Crippen molar-refractivity contribution in [2.45, 2.75) is 0 Å². The van der Waals surface area contributed by atoms with Gasteiger partial charge in [-0.1, -0.05) is 146 Å². The number of fused-ring (bicyclic) bond motifs is 7. The summed E-state index contributed by atoms with van der Waals surface area (Å²) in [5, 5.41) is 9.68. The molecule has 10 aromatic carbocycles. The number of anilines is 6. The average Bonchev–Trinajstić information content (AvgIpc) is 3.62. The van der Waals surface area contributed by atoms with Gasteiger partial charge in [0.05, 0.1) is 28.1 Å². The van der Waals surface area contributed by atoms with E-state index < -0.39 is 0 Å². The van der Waals surface area contributed by atoms with Crippen LogP contribution in [0.15, 0.2) is 224 Å². The number of nitrogens with zero attached hydrogens (tertiary/aromatic N) is 3. The zero-order chi connectivity index (χ0) is 37.7. The van der Waals surface area contributed by atoms with Gasteiger partial charge in [-0.2, -0.15) is 0 Å². The molecule has 0 saturated heterocycles. The van der Waals surface area contributed by atoms with E-state index >= 15 is 0 Å². The molecule has 3 nitrogen and oxygen atoms in total. The minimum atomic E-state index is 1.09. The van der Waals surface area contributed by atoms with Gasteiger partial charge >= 0.3 is 0 Å². The van der Waals surface area contributed by atoms with Crippen molar-refractivity contribution in [1.29, 1.82) is 0 Å². The molecule has 0 fully saturated rings. The Balaban J connectivity index is 1.19. The molecule has 1 aromatic heterocycles. The summed E-state index contributed by atoms with van der Waals surface area (Å²) in [6.45, 7) is 0. The zero-order valence-electron chi connectivity index (χ0n) is 31.2. The van der Waals surface area contributed by atoms with Gasteiger partial charge in [0, 0.05) is 44.3 Å². The Morgan fingerprint density at radius 2 is 0.807 bits per heavy atom. The molecule has 0 atom stereocenters. The Morgan fingerprint density at radius 3 is 1.51 bits per heavy atom. The van der Waals surface area contributed by atoms with E-state index in [1.54, 1.807) is 0 Å². The van der Waals surface area contributed by atoms with E-state index in [1.807, 2.05) is 0 Å². The molecule has 268 valence electrons. The number of benzene rings is 10. The van der Waals surface area contributed by atoms with Crippen LogP contribution >= 0.6 is 0 Å². The Morgan fingerprint density at radius 1 is 0.281 bits per heavy atom. The molecule has 0 aliphatic heterocycles. The van der Waals surface area contributed by atoms with E-state index in [-0.39, 0.29) is 0 Å². The molecular weight excluding hydrogens is 691 g/mol. The van der Waals surface area contributed by atoms with Crippen LogP contribution in [0.3, 0.4) is 0 Å². The van der Waals surface area contributed by atoms with Gasteiger partial charge in [-0.3, -0.25) is 0 Å². The van der Waals surface area contributed by atoms with Crippen LogP contribution in [0.2, 0.25) is 0 Å². The summed E-state index contributed by atoms with van der Waals surface area (Å²) in [6.07, 6.45) is 0. The maximum absolute atomic E-state index is 2.45. The van der Waals surface area contributed by atoms with Crippen molar-refractivity contribution in [2.75, 3.05) is 9.80 Å². The SMILES string of the molecule is c1ccc(N(c2ccccc2)c2cc3ccccc3c3cc(N(c4ccccc4)c4cccc5c4c4ccccc4n5-c4cccc5ccccc45)ccc23)cc1. The number of hydrogen-bond donors (Lipinski definition) is 0. The first-order chi connectivity index (χ1) is 28.3. The quantitative estimate of drug-likeness (QED) is 0.151. The van der Waals surface area contributed by atoms with Gasteiger partial charge in [-0.15, -0.1) is 0 Å². The summed E-state index contributed by atoms with van der Waals surface area (Å²) < 4.78 is 2.45. The third-order valence-electron chi connectivity index (χ3n) is 11.3. The maximum atomic E-state index is 2.45. The topological polar surface area (TPSA) is 11.4 Å². The van der Waals surface area contributed by atoms with Gasteiger partial charge in [0.25, 0.3) is 0 Å². The van der Waals surface area contributed by atoms with E-state index in [1.165, 1.54) is 59.8 Å². The largest absolute Gasteiger partial charge is 0.310 e. The first kappa shape index (κ1) is 32.8. The number of hydrogen-bond acceptors (Lipinski definition) is 2. The molecule has 0 amide bonds. The highest BCUT2D eigenvalue weighted by Crippen LogP contribution is 2.47. The van der Waals surface area contributed by atoms with E-state index in [9.17, 15) is 0 Å². The fourth-order valence-corrected chi connectivity index (χ4v) is 8.83. The lowest BCUT2D eigenvalue weighted by molar-refractivity contribution is 1.20. The van der Waals surface area contributed by atoms with Crippen molar-refractivity contribution in [1.82, 2.24) is 4.57 Å². The van der Waals surface area contributed by atoms with Crippen LogP contribution in [-0.2, 0) is 0 Å². The van der Waals surface area contributed by atoms with Crippen LogP contribution in [0.4, 0.5) is 34.1 Å². The van der Waals surface area contributed by atoms with Crippen LogP contribution in [0.5, 0.6) is 0 Å². The van der Waals surface area contributed by atoms with Gasteiger partial charge in [0.1, 0.15) is 0 Å². The number of rotatable bonds is 7. The third kappa shape index (κ3) is 5.43. The lowest BCUT2D eigenvalue weighted by Gasteiger charge is -2.29. The van der Waals surface area contributed by atoms with Gasteiger partial charge in [0.2, 0.25) is 0 Å². The van der Waals surface area contributed by atoms with Crippen molar-refractivity contribution < 1.29 is 0 Å². The number of aromatic nitrogens is 1. The number of para-hydroxylation sites is 4. The van der Waals surface area contributed by atoms with Gasteiger partial charge in [0.15, 0.2) is 0 Å². The summed E-state index contributed by atoms with van der Waals surface area (Å²) in [6, 6.07) is 81.2. The van der Waals surface area contributed by atoms with Gasteiger partial charge < -0.3 is 14.4 Å². The van der Waals surface area contributed by atoms with Crippen LogP contribution in [0.1, 0.15) is 0 Å². The molecule has 0 aliphatic carbocycles. The molecule has 0 bridgehead atoms. The summed E-state index contributed by atoms with van der Waals surface area (Å²) in [7, 11) is 0. The first-order valence-electron chi connectivity index (χ1n) is 19.5. The molecule has 0 N–H and O–H groups in total. The Labute approximate surface area is 331 Å². The minimum Gasteiger partial charge on any atom is -0.310 e. The average molecular weight is 728 g/mol. The molecule has 1 heterocycles. The molecule has 57 heavy (non-hydrogen) atoms. The normalized spacial score (nSPS) is 11.5. The smallest absolute Gasteiger partial charge is 0.0562 e. The Hall–Kier alpha value is -7.62. The second kappa shape index (κ2) is 13.6. The van der Waals surface area contributed by atoms with Crippen LogP contribution in [0.25, 0.3) is 59.8 Å². The van der Waals surface area contributed by atoms with Crippen LogP contribution in [0, 0.1) is 0 Å². The standard InChI is InChI=1S/C54H37N3/c1-4-21-40(22-5-1)55(41-23-6-2-7-24-41)53-36-39-19-11-12-27-44(39)48-37-43(34-35-46(48)53)56(42-25-8-3-9-26-42)51-32-17-33-52-54(51)47-29-14-15-30-50(47)57(52)49-31-16-20-38-18-10-13-28-45(38)49/h1-37H. The molecule has 0 aliphatic rings. The van der Waals surface area contributed by atoms with Crippen molar-refractivity contribution in [3.05, 3.63) is 224 Å². The first-order valence-corrected chi connectivity index (χ1v) is 19.5. The van der Waals surface area contributed by atoms with Crippen LogP contribution < -0.4 is 9.80 Å². The predicted molar refractivity (Wildman–Crippen MR) is 243 cm³/mol. The van der Waals surface area contributed by atoms with E-state index in [2.05, 4.69) is 239 Å². The fourth-order valence-electron chi connectivity index (χ4n) is 8.83. The van der Waals surface area contributed by atoms with Crippen molar-refractivity contribution >= 4 is 88.2 Å².